The SMILES string of the molecule is CCC1C(F)C(=O)N[C@@H]1COc1nccc2cc(C(N)=O)c(OC)cc12. The fourth-order valence-corrected chi connectivity index (χ4v) is 3.24. The van der Waals surface area contributed by atoms with Crippen LogP contribution in [0.2, 0.25) is 0 Å². The number of aromatic nitrogens is 1. The molecule has 1 aliphatic rings. The van der Waals surface area contributed by atoms with Gasteiger partial charge in [-0.1, -0.05) is 6.92 Å². The smallest absolute Gasteiger partial charge is 0.255 e. The van der Waals surface area contributed by atoms with Crippen molar-refractivity contribution in [2.45, 2.75) is 25.6 Å². The maximum atomic E-state index is 13.9. The Morgan fingerprint density at radius 2 is 2.19 bits per heavy atom. The van der Waals surface area contributed by atoms with Crippen LogP contribution in [0.3, 0.4) is 0 Å². The molecule has 26 heavy (non-hydrogen) atoms. The van der Waals surface area contributed by atoms with Crippen molar-refractivity contribution in [3.8, 4) is 11.6 Å². The second-order valence-electron chi connectivity index (χ2n) is 6.15. The molecule has 1 aromatic carbocycles. The Balaban J connectivity index is 1.89. The number of pyridine rings is 1. The molecule has 1 saturated heterocycles. The Morgan fingerprint density at radius 1 is 1.42 bits per heavy atom. The van der Waals surface area contributed by atoms with Crippen molar-refractivity contribution in [1.29, 1.82) is 0 Å². The van der Waals surface area contributed by atoms with Gasteiger partial charge in [0.05, 0.1) is 18.7 Å². The average molecular weight is 361 g/mol. The molecule has 2 aromatic rings. The third kappa shape index (κ3) is 3.14. The molecule has 0 aliphatic carbocycles. The van der Waals surface area contributed by atoms with E-state index < -0.39 is 29.9 Å². The number of benzene rings is 1. The summed E-state index contributed by atoms with van der Waals surface area (Å²) in [6, 6.07) is 4.53. The van der Waals surface area contributed by atoms with Gasteiger partial charge in [0.2, 0.25) is 5.88 Å². The Bertz CT molecular complexity index is 858. The number of amides is 2. The van der Waals surface area contributed by atoms with Crippen molar-refractivity contribution >= 4 is 22.6 Å². The summed E-state index contributed by atoms with van der Waals surface area (Å²) in [5, 5.41) is 3.95. The summed E-state index contributed by atoms with van der Waals surface area (Å²) in [5.41, 5.74) is 5.63. The molecule has 1 fully saturated rings. The molecule has 0 spiro atoms. The Kier molecular flexibility index (Phi) is 4.92. The van der Waals surface area contributed by atoms with E-state index >= 15 is 0 Å². The van der Waals surface area contributed by atoms with Crippen molar-refractivity contribution in [2.75, 3.05) is 13.7 Å². The Labute approximate surface area is 149 Å². The zero-order chi connectivity index (χ0) is 18.8. The minimum Gasteiger partial charge on any atom is -0.496 e. The first-order valence-electron chi connectivity index (χ1n) is 8.30. The monoisotopic (exact) mass is 361 g/mol. The second-order valence-corrected chi connectivity index (χ2v) is 6.15. The van der Waals surface area contributed by atoms with Gasteiger partial charge in [0.1, 0.15) is 12.4 Å². The number of methoxy groups -OCH3 is 1. The maximum Gasteiger partial charge on any atom is 0.255 e. The molecule has 1 aromatic heterocycles. The van der Waals surface area contributed by atoms with Gasteiger partial charge in [-0.3, -0.25) is 9.59 Å². The number of carbonyl (C=O) groups is 2. The molecule has 0 saturated carbocycles. The van der Waals surface area contributed by atoms with Gasteiger partial charge in [0.25, 0.3) is 11.8 Å². The molecule has 1 aliphatic heterocycles. The number of primary amides is 1. The number of carbonyl (C=O) groups excluding carboxylic acids is 2. The van der Waals surface area contributed by atoms with Crippen molar-refractivity contribution in [1.82, 2.24) is 10.3 Å². The van der Waals surface area contributed by atoms with Crippen molar-refractivity contribution in [3.05, 3.63) is 30.0 Å². The zero-order valence-corrected chi connectivity index (χ0v) is 14.5. The van der Waals surface area contributed by atoms with Gasteiger partial charge >= 0.3 is 0 Å². The lowest BCUT2D eigenvalue weighted by Gasteiger charge is -2.19. The minimum absolute atomic E-state index is 0.0939. The van der Waals surface area contributed by atoms with Gasteiger partial charge in [0.15, 0.2) is 6.17 Å². The van der Waals surface area contributed by atoms with Gasteiger partial charge in [-0.15, -0.1) is 0 Å². The van der Waals surface area contributed by atoms with Crippen molar-refractivity contribution in [3.63, 3.8) is 0 Å². The molecule has 2 amide bonds. The predicted octanol–water partition coefficient (Wildman–Crippen LogP) is 1.58. The highest BCUT2D eigenvalue weighted by molar-refractivity contribution is 6.01. The number of alkyl halides is 1. The lowest BCUT2D eigenvalue weighted by molar-refractivity contribution is -0.123. The third-order valence-electron chi connectivity index (χ3n) is 4.66. The van der Waals surface area contributed by atoms with Crippen LogP contribution in [0.15, 0.2) is 24.4 Å². The first-order valence-corrected chi connectivity index (χ1v) is 8.30. The van der Waals surface area contributed by atoms with Crippen LogP contribution in [-0.4, -0.2) is 42.7 Å². The average Bonchev–Trinajstić information content (AvgIpc) is 2.91. The van der Waals surface area contributed by atoms with Crippen LogP contribution in [-0.2, 0) is 4.79 Å². The summed E-state index contributed by atoms with van der Waals surface area (Å²) in [7, 11) is 1.44. The molecular formula is C18H20FN3O4. The van der Waals surface area contributed by atoms with Gasteiger partial charge in [-0.25, -0.2) is 9.37 Å². The molecule has 0 radical (unpaired) electrons. The highest BCUT2D eigenvalue weighted by atomic mass is 19.1. The number of nitrogens with one attached hydrogen (secondary N) is 1. The fourth-order valence-electron chi connectivity index (χ4n) is 3.24. The number of nitrogens with two attached hydrogens (primary N) is 1. The highest BCUT2D eigenvalue weighted by Gasteiger charge is 2.41. The van der Waals surface area contributed by atoms with E-state index in [1.807, 2.05) is 6.92 Å². The van der Waals surface area contributed by atoms with E-state index in [2.05, 4.69) is 10.3 Å². The summed E-state index contributed by atoms with van der Waals surface area (Å²) < 4.78 is 24.9. The molecular weight excluding hydrogens is 341 g/mol. The number of ether oxygens (including phenoxy) is 2. The number of halogens is 1. The quantitative estimate of drug-likeness (QED) is 0.813. The summed E-state index contributed by atoms with van der Waals surface area (Å²) in [5.74, 6) is -1.02. The third-order valence-corrected chi connectivity index (χ3v) is 4.66. The van der Waals surface area contributed by atoms with E-state index in [-0.39, 0.29) is 12.2 Å². The predicted molar refractivity (Wildman–Crippen MR) is 92.9 cm³/mol. The number of rotatable bonds is 6. The van der Waals surface area contributed by atoms with Crippen molar-refractivity contribution < 1.29 is 23.5 Å². The molecule has 0 bridgehead atoms. The van der Waals surface area contributed by atoms with E-state index in [1.165, 1.54) is 13.3 Å². The Hall–Kier alpha value is -2.90. The summed E-state index contributed by atoms with van der Waals surface area (Å²) in [4.78, 5) is 27.3. The lowest BCUT2D eigenvalue weighted by Crippen LogP contribution is -2.34. The first kappa shape index (κ1) is 17.9. The Morgan fingerprint density at radius 3 is 2.85 bits per heavy atom. The second kappa shape index (κ2) is 7.15. The molecule has 3 rings (SSSR count). The van der Waals surface area contributed by atoms with Crippen LogP contribution in [0.5, 0.6) is 11.6 Å². The summed E-state index contributed by atoms with van der Waals surface area (Å²) in [6.07, 6.45) is 0.539. The first-order chi connectivity index (χ1) is 12.5. The van der Waals surface area contributed by atoms with Crippen LogP contribution < -0.4 is 20.5 Å². The van der Waals surface area contributed by atoms with Gasteiger partial charge < -0.3 is 20.5 Å². The zero-order valence-electron chi connectivity index (χ0n) is 14.5. The van der Waals surface area contributed by atoms with Crippen molar-refractivity contribution in [2.24, 2.45) is 11.7 Å². The molecule has 3 N–H and O–H groups in total. The maximum absolute atomic E-state index is 13.9. The van der Waals surface area contributed by atoms with Crippen LogP contribution in [0, 0.1) is 5.92 Å². The molecule has 3 atom stereocenters. The van der Waals surface area contributed by atoms with Crippen LogP contribution >= 0.6 is 0 Å². The van der Waals surface area contributed by atoms with Gasteiger partial charge in [-0.2, -0.15) is 0 Å². The normalized spacial score (nSPS) is 22.3. The van der Waals surface area contributed by atoms with Crippen LogP contribution in [0.1, 0.15) is 23.7 Å². The highest BCUT2D eigenvalue weighted by Crippen LogP contribution is 2.31. The number of fused-ring (bicyclic) bond motifs is 1. The largest absolute Gasteiger partial charge is 0.496 e. The minimum atomic E-state index is -1.52. The molecule has 2 unspecified atom stereocenters. The van der Waals surface area contributed by atoms with E-state index in [0.717, 1.165) is 0 Å². The van der Waals surface area contributed by atoms with Gasteiger partial charge in [0, 0.05) is 17.5 Å². The molecule has 138 valence electrons. The standard InChI is InChI=1S/C18H20FN3O4/c1-3-10-13(22-17(24)15(10)19)8-26-18-11-7-14(25-2)12(16(20)23)6-9(11)4-5-21-18/h4-7,10,13,15H,3,8H2,1-2H3,(H2,20,23)(H,22,24)/t10?,13-,15?/m1/s1. The van der Waals surface area contributed by atoms with E-state index in [1.54, 1.807) is 18.2 Å². The fraction of sp³-hybridized carbons (Fsp3) is 0.389. The van der Waals surface area contributed by atoms with Crippen LogP contribution in [0.25, 0.3) is 10.8 Å². The van der Waals surface area contributed by atoms with E-state index in [9.17, 15) is 14.0 Å². The molecule has 7 nitrogen and oxygen atoms in total. The topological polar surface area (TPSA) is 104 Å². The summed E-state index contributed by atoms with van der Waals surface area (Å²) in [6.45, 7) is 1.92. The van der Waals surface area contributed by atoms with E-state index in [0.29, 0.717) is 28.8 Å². The van der Waals surface area contributed by atoms with E-state index in [4.69, 9.17) is 15.2 Å². The molecule has 2 heterocycles. The summed E-state index contributed by atoms with van der Waals surface area (Å²) >= 11 is 0. The number of hydrogen-bond acceptors (Lipinski definition) is 5. The lowest BCUT2D eigenvalue weighted by atomic mass is 9.97. The number of nitrogens with zero attached hydrogens (tertiary/aromatic N) is 1. The number of hydrogen-bond donors (Lipinski definition) is 2. The van der Waals surface area contributed by atoms with Gasteiger partial charge in [-0.05, 0) is 30.0 Å². The molecule has 8 heteroatoms. The van der Waals surface area contributed by atoms with Crippen LogP contribution in [0.4, 0.5) is 4.39 Å².